The molecule has 2 bridgehead atoms. The van der Waals surface area contributed by atoms with E-state index in [-0.39, 0.29) is 50.1 Å². The largest absolute Gasteiger partial charge is 0 e. The average Bonchev–Trinajstić information content (AvgIpc) is 3.48. The molecule has 172 valence electrons. The monoisotopic (exact) mass is 621 g/mol. The summed E-state index contributed by atoms with van der Waals surface area (Å²) in [6.07, 6.45) is 10.6. The van der Waals surface area contributed by atoms with Crippen LogP contribution in [0, 0.1) is 57.5 Å². The number of carbonyl (C=O) groups is 2. The summed E-state index contributed by atoms with van der Waals surface area (Å²) in [6.45, 7) is 13.5. The summed E-state index contributed by atoms with van der Waals surface area (Å²) in [5, 5.41) is 0. The summed E-state index contributed by atoms with van der Waals surface area (Å²) in [5.41, 5.74) is 1.81. The van der Waals surface area contributed by atoms with Crippen molar-refractivity contribution in [2.24, 2.45) is 5.92 Å². The molecule has 0 N–H and O–H groups in total. The summed E-state index contributed by atoms with van der Waals surface area (Å²) < 4.78 is 27.6. The van der Waals surface area contributed by atoms with Gasteiger partial charge in [-0.05, 0) is 57.6 Å². The number of carbonyl (C=O) groups excluding carboxylic acids is 2. The fourth-order valence-electron chi connectivity index (χ4n) is 4.84. The van der Waals surface area contributed by atoms with Gasteiger partial charge >= 0.3 is 39.9 Å². The van der Waals surface area contributed by atoms with E-state index in [1.54, 1.807) is 0 Å². The Hall–Kier alpha value is -1.80. The second-order valence-corrected chi connectivity index (χ2v) is 7.48. The second-order valence-electron chi connectivity index (χ2n) is 7.48. The van der Waals surface area contributed by atoms with E-state index in [0.717, 1.165) is 24.8 Å². The first-order valence-corrected chi connectivity index (χ1v) is 9.87. The van der Waals surface area contributed by atoms with Gasteiger partial charge in [-0.3, -0.25) is 14.5 Å². The van der Waals surface area contributed by atoms with Crippen LogP contribution in [0.25, 0.3) is 0 Å². The third-order valence-electron chi connectivity index (χ3n) is 6.27. The van der Waals surface area contributed by atoms with Gasteiger partial charge in [0.2, 0.25) is 0 Å². The molecule has 3 fully saturated rings. The number of hydrogen-bond acceptors (Lipinski definition) is 4. The molecule has 1 aromatic rings. The van der Waals surface area contributed by atoms with Crippen molar-refractivity contribution in [3.63, 3.8) is 0 Å². The maximum atomic E-state index is 12.5. The first-order chi connectivity index (χ1) is 15.6. The number of nitrogens with zero attached hydrogens (tertiary/aromatic N) is 1. The Bertz CT molecular complexity index is 798. The van der Waals surface area contributed by atoms with Crippen molar-refractivity contribution in [2.75, 3.05) is 14.2 Å². The number of Topliss-reactive ketones (excluding diaryl/α,β-unsaturated/α-hetero) is 1. The molecule has 0 spiro atoms. The number of ether oxygens (including phenoxy) is 1. The van der Waals surface area contributed by atoms with Crippen molar-refractivity contribution in [3.8, 4) is 0 Å². The minimum atomic E-state index is -0.139. The Kier molecular flexibility index (Phi) is 15.1. The summed E-state index contributed by atoms with van der Waals surface area (Å²) in [5.74, 6) is 0.640. The molecule has 0 amide bonds. The fourth-order valence-corrected chi connectivity index (χ4v) is 4.84. The van der Waals surface area contributed by atoms with E-state index in [2.05, 4.69) is 31.9 Å². The van der Waals surface area contributed by atoms with E-state index < -0.39 is 0 Å². The van der Waals surface area contributed by atoms with Crippen molar-refractivity contribution in [2.45, 2.75) is 37.3 Å². The molecule has 2 saturated heterocycles. The Morgan fingerprint density at radius 1 is 0.970 bits per heavy atom. The van der Waals surface area contributed by atoms with Crippen LogP contribution < -0.4 is 0 Å². The normalized spacial score (nSPS) is 25.3. The molecule has 2 heterocycles. The number of esters is 1. The maximum absolute atomic E-state index is 12.5. The van der Waals surface area contributed by atoms with Gasteiger partial charge in [-0.2, -0.15) is 0 Å². The zero-order valence-electron chi connectivity index (χ0n) is 18.3. The van der Waals surface area contributed by atoms with Gasteiger partial charge in [0.25, 0.3) is 0 Å². The molecular formula is C25H24NO6Re. The van der Waals surface area contributed by atoms with Gasteiger partial charge in [-0.1, -0.05) is 24.3 Å². The predicted molar refractivity (Wildman–Crippen MR) is 110 cm³/mol. The molecule has 1 aromatic carbocycles. The average molecular weight is 621 g/mol. The van der Waals surface area contributed by atoms with E-state index in [1.807, 2.05) is 49.9 Å². The number of hydrogen-bond donors (Lipinski definition) is 0. The smallest absolute Gasteiger partial charge is 0 e. The second kappa shape index (κ2) is 15.9. The van der Waals surface area contributed by atoms with Gasteiger partial charge in [0.1, 0.15) is 0 Å². The van der Waals surface area contributed by atoms with Crippen LogP contribution in [0.2, 0.25) is 0 Å². The molecule has 0 aromatic heterocycles. The van der Waals surface area contributed by atoms with Crippen LogP contribution in [0.5, 0.6) is 0 Å². The molecular weight excluding hydrogens is 596 g/mol. The molecule has 4 rings (SSSR count). The molecule has 7 nitrogen and oxygen atoms in total. The van der Waals surface area contributed by atoms with E-state index in [0.29, 0.717) is 17.5 Å². The van der Waals surface area contributed by atoms with Crippen molar-refractivity contribution < 1.29 is 48.7 Å². The summed E-state index contributed by atoms with van der Waals surface area (Å²) >= 11 is 0. The van der Waals surface area contributed by atoms with Crippen LogP contribution in [-0.2, 0) is 43.9 Å². The van der Waals surface area contributed by atoms with E-state index in [4.69, 9.17) is 18.7 Å². The Morgan fingerprint density at radius 3 is 2.03 bits per heavy atom. The predicted octanol–water partition coefficient (Wildman–Crippen LogP) is 2.90. The minimum Gasteiger partial charge on any atom is 0 e. The SMILES string of the molecule is COC(=O)[C@H]1[C@@H](c2ccc(C(=O)[C]3[CH][CH][CH][CH]3)cc2)C[C@@H]2CC[C@H]1N2C.[C-]#[O+].[C-]#[O+].[C-]#[O+].[Re]. The number of rotatable bonds is 4. The van der Waals surface area contributed by atoms with Crippen molar-refractivity contribution in [1.29, 1.82) is 0 Å². The topological polar surface area (TPSA) is 106 Å². The fraction of sp³-hybridized carbons (Fsp3) is 0.360. The molecule has 33 heavy (non-hydrogen) atoms. The molecule has 1 aliphatic carbocycles. The summed E-state index contributed by atoms with van der Waals surface area (Å²) in [7, 11) is 3.60. The van der Waals surface area contributed by atoms with Crippen LogP contribution >= 0.6 is 0 Å². The molecule has 0 unspecified atom stereocenters. The zero-order valence-corrected chi connectivity index (χ0v) is 21.0. The Morgan fingerprint density at radius 2 is 1.52 bits per heavy atom. The first-order valence-electron chi connectivity index (χ1n) is 9.87. The van der Waals surface area contributed by atoms with Gasteiger partial charge in [0.15, 0.2) is 5.78 Å². The standard InChI is InChI=1S/C22H24NO3.3CO.Re/c1-23-17-11-12-19(23)20(22(25)26-2)18(13-17)14-7-9-16(10-8-14)21(24)15-5-3-4-6-15;3*1-2;/h3-10,17-20H,11-13H2,1-2H3;;;;/t17-,18+,19+,20-;;;;/m0..../s1. The number of fused-ring (bicyclic) bond motifs is 2. The van der Waals surface area contributed by atoms with Crippen molar-refractivity contribution in [1.82, 2.24) is 4.90 Å². The third-order valence-corrected chi connectivity index (χ3v) is 6.27. The van der Waals surface area contributed by atoms with Gasteiger partial charge in [0, 0.05) is 44.0 Å². The molecule has 4 atom stereocenters. The zero-order chi connectivity index (χ0) is 24.3. The van der Waals surface area contributed by atoms with E-state index in [9.17, 15) is 9.59 Å². The van der Waals surface area contributed by atoms with Gasteiger partial charge < -0.3 is 4.74 Å². The number of benzene rings is 1. The van der Waals surface area contributed by atoms with Crippen LogP contribution in [-0.4, -0.2) is 42.9 Å². The van der Waals surface area contributed by atoms with Gasteiger partial charge in [0.05, 0.1) is 18.9 Å². The molecule has 6 radical (unpaired) electrons. The maximum Gasteiger partial charge on any atom is 0 e. The van der Waals surface area contributed by atoms with Crippen LogP contribution in [0.15, 0.2) is 24.3 Å². The third kappa shape index (κ3) is 7.09. The first kappa shape index (κ1) is 31.2. The van der Waals surface area contributed by atoms with E-state index in [1.165, 1.54) is 7.11 Å². The number of ketones is 1. The van der Waals surface area contributed by atoms with Gasteiger partial charge in [-0.25, -0.2) is 0 Å². The van der Waals surface area contributed by atoms with Crippen molar-refractivity contribution in [3.05, 3.63) is 86.9 Å². The molecule has 3 aliphatic rings. The minimum absolute atomic E-state index is 0. The Balaban J connectivity index is 0.00000136. The summed E-state index contributed by atoms with van der Waals surface area (Å²) in [4.78, 5) is 27.4. The van der Waals surface area contributed by atoms with Crippen LogP contribution in [0.3, 0.4) is 0 Å². The number of methoxy groups -OCH3 is 1. The van der Waals surface area contributed by atoms with Crippen molar-refractivity contribution >= 4 is 11.8 Å². The van der Waals surface area contributed by atoms with Gasteiger partial charge in [-0.15, -0.1) is 0 Å². The van der Waals surface area contributed by atoms with Crippen LogP contribution in [0.4, 0.5) is 0 Å². The Labute approximate surface area is 209 Å². The van der Waals surface area contributed by atoms with E-state index >= 15 is 0 Å². The molecule has 1 saturated carbocycles. The van der Waals surface area contributed by atoms with Crippen LogP contribution in [0.1, 0.15) is 41.1 Å². The number of piperidine rings is 1. The molecule has 2 aliphatic heterocycles. The molecule has 8 heteroatoms. The summed E-state index contributed by atoms with van der Waals surface area (Å²) in [6, 6.07) is 8.58. The quantitative estimate of drug-likeness (QED) is 0.223.